The second-order valence-corrected chi connectivity index (χ2v) is 3.27. The molecule has 0 radical (unpaired) electrons. The van der Waals surface area contributed by atoms with Gasteiger partial charge in [-0.3, -0.25) is 4.99 Å². The van der Waals surface area contributed by atoms with Crippen molar-refractivity contribution in [3.63, 3.8) is 0 Å². The smallest absolute Gasteiger partial charge is 0.387 e. The standard InChI is InChI=1S/C11H14F3N3O/c1-15-11(16-2)17-6-7-8(12)4-3-5-9(7)18-10(13)14/h3-5,10H,6H2,1-2H3,(H2,15,16,17). The van der Waals surface area contributed by atoms with Crippen LogP contribution in [-0.4, -0.2) is 26.7 Å². The number of guanidine groups is 1. The lowest BCUT2D eigenvalue weighted by Gasteiger charge is -2.13. The van der Waals surface area contributed by atoms with Crippen LogP contribution in [0.25, 0.3) is 0 Å². The average molecular weight is 261 g/mol. The van der Waals surface area contributed by atoms with Gasteiger partial charge in [0.05, 0.1) is 0 Å². The molecule has 0 aliphatic carbocycles. The van der Waals surface area contributed by atoms with Gasteiger partial charge in [-0.1, -0.05) is 6.07 Å². The molecule has 0 unspecified atom stereocenters. The van der Waals surface area contributed by atoms with E-state index in [0.29, 0.717) is 5.96 Å². The molecule has 18 heavy (non-hydrogen) atoms. The van der Waals surface area contributed by atoms with Crippen LogP contribution in [0.3, 0.4) is 0 Å². The van der Waals surface area contributed by atoms with E-state index >= 15 is 0 Å². The van der Waals surface area contributed by atoms with E-state index in [1.807, 2.05) is 0 Å². The first-order valence-corrected chi connectivity index (χ1v) is 5.19. The van der Waals surface area contributed by atoms with Crippen molar-refractivity contribution < 1.29 is 17.9 Å². The van der Waals surface area contributed by atoms with E-state index < -0.39 is 12.4 Å². The summed E-state index contributed by atoms with van der Waals surface area (Å²) in [5.74, 6) is -0.391. The van der Waals surface area contributed by atoms with Crippen molar-refractivity contribution in [3.8, 4) is 5.75 Å². The molecule has 4 nitrogen and oxygen atoms in total. The summed E-state index contributed by atoms with van der Waals surface area (Å²) in [6.45, 7) is -3.00. The van der Waals surface area contributed by atoms with Gasteiger partial charge in [-0.15, -0.1) is 0 Å². The van der Waals surface area contributed by atoms with Crippen LogP contribution in [0, 0.1) is 5.82 Å². The SMILES string of the molecule is CN=C(NC)NCc1c(F)cccc1OC(F)F. The van der Waals surface area contributed by atoms with Gasteiger partial charge in [-0.25, -0.2) is 4.39 Å². The Balaban J connectivity index is 2.85. The molecule has 0 aliphatic heterocycles. The van der Waals surface area contributed by atoms with Crippen molar-refractivity contribution in [2.75, 3.05) is 14.1 Å². The molecular weight excluding hydrogens is 247 g/mol. The lowest BCUT2D eigenvalue weighted by atomic mass is 10.2. The van der Waals surface area contributed by atoms with Crippen LogP contribution in [0.5, 0.6) is 5.75 Å². The lowest BCUT2D eigenvalue weighted by Crippen LogP contribution is -2.34. The zero-order valence-corrected chi connectivity index (χ0v) is 10.0. The quantitative estimate of drug-likeness (QED) is 0.641. The Morgan fingerprint density at radius 3 is 2.72 bits per heavy atom. The van der Waals surface area contributed by atoms with E-state index in [4.69, 9.17) is 0 Å². The van der Waals surface area contributed by atoms with E-state index in [2.05, 4.69) is 20.4 Å². The first-order valence-electron chi connectivity index (χ1n) is 5.19. The van der Waals surface area contributed by atoms with Crippen molar-refractivity contribution >= 4 is 5.96 Å². The molecule has 100 valence electrons. The Kier molecular flexibility index (Phi) is 5.29. The second-order valence-electron chi connectivity index (χ2n) is 3.27. The second kappa shape index (κ2) is 6.73. The fourth-order valence-corrected chi connectivity index (χ4v) is 1.37. The van der Waals surface area contributed by atoms with Gasteiger partial charge in [0.1, 0.15) is 11.6 Å². The largest absolute Gasteiger partial charge is 0.434 e. The monoisotopic (exact) mass is 261 g/mol. The van der Waals surface area contributed by atoms with Crippen LogP contribution >= 0.6 is 0 Å². The normalized spacial score (nSPS) is 11.6. The van der Waals surface area contributed by atoms with Gasteiger partial charge >= 0.3 is 6.61 Å². The summed E-state index contributed by atoms with van der Waals surface area (Å²) in [7, 11) is 3.17. The van der Waals surface area contributed by atoms with Crippen LogP contribution in [0.15, 0.2) is 23.2 Å². The number of aliphatic imine (C=N–C) groups is 1. The van der Waals surface area contributed by atoms with Crippen LogP contribution < -0.4 is 15.4 Å². The topological polar surface area (TPSA) is 45.7 Å². The summed E-state index contributed by atoms with van der Waals surface area (Å²) in [6, 6.07) is 3.77. The predicted octanol–water partition coefficient (Wildman–Crippen LogP) is 1.72. The number of alkyl halides is 2. The van der Waals surface area contributed by atoms with Crippen LogP contribution in [0.4, 0.5) is 13.2 Å². The molecule has 0 heterocycles. The zero-order chi connectivity index (χ0) is 13.5. The molecule has 2 N–H and O–H groups in total. The minimum absolute atomic E-state index is 0.0117. The fourth-order valence-electron chi connectivity index (χ4n) is 1.37. The van der Waals surface area contributed by atoms with Gasteiger partial charge in [-0.2, -0.15) is 8.78 Å². The van der Waals surface area contributed by atoms with Crippen molar-refractivity contribution in [2.24, 2.45) is 4.99 Å². The third kappa shape index (κ3) is 3.83. The summed E-state index contributed by atoms with van der Waals surface area (Å²) in [4.78, 5) is 3.82. The van der Waals surface area contributed by atoms with Gasteiger partial charge in [0, 0.05) is 26.2 Å². The summed E-state index contributed by atoms with van der Waals surface area (Å²) in [5, 5.41) is 5.49. The van der Waals surface area contributed by atoms with Gasteiger partial charge in [-0.05, 0) is 12.1 Å². The molecule has 0 atom stereocenters. The summed E-state index contributed by atoms with van der Waals surface area (Å²) in [6.07, 6.45) is 0. The number of rotatable bonds is 4. The Morgan fingerprint density at radius 1 is 1.44 bits per heavy atom. The third-order valence-corrected chi connectivity index (χ3v) is 2.18. The Morgan fingerprint density at radius 2 is 2.17 bits per heavy atom. The highest BCUT2D eigenvalue weighted by Crippen LogP contribution is 2.23. The number of nitrogens with zero attached hydrogens (tertiary/aromatic N) is 1. The molecule has 0 aliphatic rings. The molecule has 0 spiro atoms. The van der Waals surface area contributed by atoms with Crippen LogP contribution in [0.2, 0.25) is 0 Å². The molecule has 7 heteroatoms. The number of benzene rings is 1. The Bertz CT molecular complexity index is 424. The molecule has 1 aromatic rings. The van der Waals surface area contributed by atoms with Crippen molar-refractivity contribution in [3.05, 3.63) is 29.6 Å². The zero-order valence-electron chi connectivity index (χ0n) is 10.0. The van der Waals surface area contributed by atoms with Crippen molar-refractivity contribution in [1.82, 2.24) is 10.6 Å². The van der Waals surface area contributed by atoms with Crippen molar-refractivity contribution in [1.29, 1.82) is 0 Å². The average Bonchev–Trinajstić information content (AvgIpc) is 2.32. The fraction of sp³-hybridized carbons (Fsp3) is 0.364. The molecule has 1 aromatic carbocycles. The van der Waals surface area contributed by atoms with Crippen LogP contribution in [0.1, 0.15) is 5.56 Å². The highest BCUT2D eigenvalue weighted by molar-refractivity contribution is 5.79. The van der Waals surface area contributed by atoms with E-state index in [1.165, 1.54) is 25.2 Å². The highest BCUT2D eigenvalue weighted by Gasteiger charge is 2.13. The maximum absolute atomic E-state index is 13.5. The molecule has 0 fully saturated rings. The van der Waals surface area contributed by atoms with Gasteiger partial charge < -0.3 is 15.4 Å². The molecule has 0 saturated heterocycles. The number of nitrogens with one attached hydrogen (secondary N) is 2. The molecule has 0 saturated carbocycles. The summed E-state index contributed by atoms with van der Waals surface area (Å²) in [5.41, 5.74) is 0.0224. The Hall–Kier alpha value is -1.92. The Labute approximate surface area is 103 Å². The maximum Gasteiger partial charge on any atom is 0.387 e. The number of halogens is 3. The number of ether oxygens (including phenoxy) is 1. The first-order chi connectivity index (χ1) is 8.58. The lowest BCUT2D eigenvalue weighted by molar-refractivity contribution is -0.0506. The van der Waals surface area contributed by atoms with Crippen molar-refractivity contribution in [2.45, 2.75) is 13.2 Å². The summed E-state index contributed by atoms with van der Waals surface area (Å²) >= 11 is 0. The van der Waals surface area contributed by atoms with Gasteiger partial charge in [0.2, 0.25) is 0 Å². The predicted molar refractivity (Wildman–Crippen MR) is 62.3 cm³/mol. The van der Waals surface area contributed by atoms with Gasteiger partial charge in [0.25, 0.3) is 0 Å². The minimum atomic E-state index is -2.99. The first kappa shape index (κ1) is 14.1. The molecule has 0 aromatic heterocycles. The molecular formula is C11H14F3N3O. The minimum Gasteiger partial charge on any atom is -0.434 e. The van der Waals surface area contributed by atoms with E-state index in [9.17, 15) is 13.2 Å². The summed E-state index contributed by atoms with van der Waals surface area (Å²) < 4.78 is 42.1. The van der Waals surface area contributed by atoms with Crippen LogP contribution in [-0.2, 0) is 6.54 Å². The third-order valence-electron chi connectivity index (χ3n) is 2.18. The molecule has 1 rings (SSSR count). The number of hydrogen-bond acceptors (Lipinski definition) is 2. The molecule has 0 amide bonds. The number of hydrogen-bond donors (Lipinski definition) is 2. The molecule has 0 bridgehead atoms. The van der Waals surface area contributed by atoms with E-state index in [0.717, 1.165) is 0 Å². The van der Waals surface area contributed by atoms with E-state index in [1.54, 1.807) is 7.05 Å². The van der Waals surface area contributed by atoms with E-state index in [-0.39, 0.29) is 17.9 Å². The maximum atomic E-state index is 13.5. The van der Waals surface area contributed by atoms with Gasteiger partial charge in [0.15, 0.2) is 5.96 Å². The highest BCUT2D eigenvalue weighted by atomic mass is 19.3.